The second-order valence-corrected chi connectivity index (χ2v) is 5.16. The first kappa shape index (κ1) is 12.8. The molecule has 0 spiro atoms. The summed E-state index contributed by atoms with van der Waals surface area (Å²) in [4.78, 5) is 0. The summed E-state index contributed by atoms with van der Waals surface area (Å²) in [5, 5.41) is 13.9. The van der Waals surface area contributed by atoms with Gasteiger partial charge in [-0.2, -0.15) is 0 Å². The molecule has 2 rings (SSSR count). The molecule has 0 bridgehead atoms. The Morgan fingerprint density at radius 1 is 1.35 bits per heavy atom. The van der Waals surface area contributed by atoms with E-state index >= 15 is 0 Å². The van der Waals surface area contributed by atoms with Crippen LogP contribution in [0.5, 0.6) is 0 Å². The van der Waals surface area contributed by atoms with E-state index in [9.17, 15) is 9.50 Å². The van der Waals surface area contributed by atoms with Crippen LogP contribution in [0.25, 0.3) is 0 Å². The van der Waals surface area contributed by atoms with E-state index in [0.29, 0.717) is 6.42 Å². The molecule has 0 saturated carbocycles. The number of hydrogen-bond acceptors (Lipinski definition) is 2. The maximum atomic E-state index is 13.0. The van der Waals surface area contributed by atoms with Crippen molar-refractivity contribution in [2.75, 3.05) is 13.1 Å². The van der Waals surface area contributed by atoms with Crippen LogP contribution < -0.4 is 5.32 Å². The highest BCUT2D eigenvalue weighted by Crippen LogP contribution is 2.26. The predicted octanol–water partition coefficient (Wildman–Crippen LogP) is 2.53. The Kier molecular flexibility index (Phi) is 4.02. The fourth-order valence-corrected chi connectivity index (χ4v) is 2.52. The Balaban J connectivity index is 2.10. The second-order valence-electron chi connectivity index (χ2n) is 4.75. The van der Waals surface area contributed by atoms with Gasteiger partial charge in [0, 0.05) is 6.42 Å². The van der Waals surface area contributed by atoms with Gasteiger partial charge in [0.25, 0.3) is 0 Å². The Morgan fingerprint density at radius 2 is 2.18 bits per heavy atom. The van der Waals surface area contributed by atoms with Crippen LogP contribution in [0.4, 0.5) is 4.39 Å². The maximum absolute atomic E-state index is 13.0. The fraction of sp³-hybridized carbons (Fsp3) is 0.538. The summed E-state index contributed by atoms with van der Waals surface area (Å²) in [6.07, 6.45) is 3.00. The van der Waals surface area contributed by atoms with Crippen LogP contribution in [0.15, 0.2) is 18.2 Å². The van der Waals surface area contributed by atoms with Gasteiger partial charge >= 0.3 is 0 Å². The summed E-state index contributed by atoms with van der Waals surface area (Å²) in [6, 6.07) is 4.65. The lowest BCUT2D eigenvalue weighted by molar-refractivity contribution is 0.0284. The van der Waals surface area contributed by atoms with Gasteiger partial charge in [0.05, 0.1) is 10.6 Å². The summed E-state index contributed by atoms with van der Waals surface area (Å²) < 4.78 is 13.0. The largest absolute Gasteiger partial charge is 0.389 e. The zero-order chi connectivity index (χ0) is 12.3. The van der Waals surface area contributed by atoms with Crippen LogP contribution in [0.3, 0.4) is 0 Å². The molecule has 2 N–H and O–H groups in total. The predicted molar refractivity (Wildman–Crippen MR) is 66.8 cm³/mol. The molecule has 1 atom stereocenters. The average molecular weight is 258 g/mol. The first-order valence-corrected chi connectivity index (χ1v) is 6.34. The van der Waals surface area contributed by atoms with Crippen molar-refractivity contribution in [1.82, 2.24) is 5.32 Å². The quantitative estimate of drug-likeness (QED) is 0.853. The first-order chi connectivity index (χ1) is 8.09. The van der Waals surface area contributed by atoms with Crippen LogP contribution in [-0.4, -0.2) is 23.8 Å². The molecule has 0 amide bonds. The third kappa shape index (κ3) is 3.41. The molecule has 1 aromatic carbocycles. The van der Waals surface area contributed by atoms with Crippen LogP contribution in [0.2, 0.25) is 5.02 Å². The zero-order valence-corrected chi connectivity index (χ0v) is 10.4. The minimum Gasteiger partial charge on any atom is -0.389 e. The van der Waals surface area contributed by atoms with E-state index in [1.165, 1.54) is 6.07 Å². The van der Waals surface area contributed by atoms with Gasteiger partial charge in [-0.05, 0) is 50.0 Å². The fourth-order valence-electron chi connectivity index (χ4n) is 2.32. The van der Waals surface area contributed by atoms with Gasteiger partial charge in [-0.15, -0.1) is 0 Å². The van der Waals surface area contributed by atoms with E-state index in [-0.39, 0.29) is 5.02 Å². The lowest BCUT2D eigenvalue weighted by Crippen LogP contribution is -2.32. The van der Waals surface area contributed by atoms with Crippen molar-refractivity contribution in [3.05, 3.63) is 34.6 Å². The molecule has 0 aromatic heterocycles. The molecule has 0 radical (unpaired) electrons. The molecular weight excluding hydrogens is 241 g/mol. The lowest BCUT2D eigenvalue weighted by atomic mass is 9.88. The van der Waals surface area contributed by atoms with Gasteiger partial charge in [-0.25, -0.2) is 4.39 Å². The Hall–Kier alpha value is -0.640. The van der Waals surface area contributed by atoms with Crippen molar-refractivity contribution in [2.45, 2.75) is 31.3 Å². The van der Waals surface area contributed by atoms with Gasteiger partial charge in [-0.1, -0.05) is 17.7 Å². The molecule has 94 valence electrons. The van der Waals surface area contributed by atoms with Crippen molar-refractivity contribution >= 4 is 11.6 Å². The van der Waals surface area contributed by atoms with E-state index in [1.54, 1.807) is 12.1 Å². The van der Waals surface area contributed by atoms with Gasteiger partial charge in [0.1, 0.15) is 5.82 Å². The minimum atomic E-state index is -0.690. The van der Waals surface area contributed by atoms with Crippen LogP contribution >= 0.6 is 11.6 Å². The molecule has 1 fully saturated rings. The van der Waals surface area contributed by atoms with Gasteiger partial charge in [-0.3, -0.25) is 0 Å². The number of nitrogens with one attached hydrogen (secondary N) is 1. The molecule has 2 nitrogen and oxygen atoms in total. The minimum absolute atomic E-state index is 0.123. The highest BCUT2D eigenvalue weighted by atomic mass is 35.5. The van der Waals surface area contributed by atoms with Crippen LogP contribution in [-0.2, 0) is 6.42 Å². The molecule has 1 aliphatic heterocycles. The molecule has 1 unspecified atom stereocenters. The van der Waals surface area contributed by atoms with Crippen LogP contribution in [0, 0.1) is 5.82 Å². The molecule has 17 heavy (non-hydrogen) atoms. The summed E-state index contributed by atoms with van der Waals surface area (Å²) >= 11 is 5.74. The lowest BCUT2D eigenvalue weighted by Gasteiger charge is -2.26. The first-order valence-electron chi connectivity index (χ1n) is 5.96. The summed E-state index contributed by atoms with van der Waals surface area (Å²) in [6.45, 7) is 1.78. The molecule has 1 heterocycles. The van der Waals surface area contributed by atoms with E-state index in [0.717, 1.165) is 37.9 Å². The topological polar surface area (TPSA) is 32.3 Å². The normalized spacial score (nSPS) is 25.6. The third-order valence-electron chi connectivity index (χ3n) is 3.28. The van der Waals surface area contributed by atoms with Crippen molar-refractivity contribution in [3.63, 3.8) is 0 Å². The Morgan fingerprint density at radius 3 is 2.94 bits per heavy atom. The van der Waals surface area contributed by atoms with E-state index in [2.05, 4.69) is 5.32 Å². The van der Waals surface area contributed by atoms with Crippen molar-refractivity contribution < 1.29 is 9.50 Å². The number of rotatable bonds is 2. The van der Waals surface area contributed by atoms with Crippen molar-refractivity contribution in [2.24, 2.45) is 0 Å². The second kappa shape index (κ2) is 5.34. The molecule has 1 aliphatic rings. The van der Waals surface area contributed by atoms with Crippen LogP contribution in [0.1, 0.15) is 24.8 Å². The maximum Gasteiger partial charge on any atom is 0.141 e. The molecular formula is C13H17ClFNO. The molecule has 4 heteroatoms. The monoisotopic (exact) mass is 257 g/mol. The number of benzene rings is 1. The third-order valence-corrected chi connectivity index (χ3v) is 3.57. The average Bonchev–Trinajstić information content (AvgIpc) is 2.49. The van der Waals surface area contributed by atoms with Gasteiger partial charge < -0.3 is 10.4 Å². The van der Waals surface area contributed by atoms with Crippen molar-refractivity contribution in [3.8, 4) is 0 Å². The number of aliphatic hydroxyl groups is 1. The Labute approximate surface area is 106 Å². The summed E-state index contributed by atoms with van der Waals surface area (Å²) in [7, 11) is 0. The highest BCUT2D eigenvalue weighted by Gasteiger charge is 2.28. The zero-order valence-electron chi connectivity index (χ0n) is 9.68. The van der Waals surface area contributed by atoms with E-state index in [4.69, 9.17) is 11.6 Å². The SMILES string of the molecule is OC1(Cc2ccc(F)c(Cl)c2)CCCNCC1. The number of halogens is 2. The van der Waals surface area contributed by atoms with E-state index < -0.39 is 11.4 Å². The van der Waals surface area contributed by atoms with Gasteiger partial charge in [0.2, 0.25) is 0 Å². The molecule has 1 aromatic rings. The summed E-state index contributed by atoms with van der Waals surface area (Å²) in [5.74, 6) is -0.412. The molecule has 0 aliphatic carbocycles. The smallest absolute Gasteiger partial charge is 0.141 e. The Bertz CT molecular complexity index is 389. The molecule has 1 saturated heterocycles. The summed E-state index contributed by atoms with van der Waals surface area (Å²) in [5.41, 5.74) is 0.200. The van der Waals surface area contributed by atoms with Gasteiger partial charge in [0.15, 0.2) is 0 Å². The van der Waals surface area contributed by atoms with Crippen molar-refractivity contribution in [1.29, 1.82) is 0 Å². The van der Waals surface area contributed by atoms with E-state index in [1.807, 2.05) is 0 Å². The highest BCUT2D eigenvalue weighted by molar-refractivity contribution is 6.30. The number of hydrogen-bond donors (Lipinski definition) is 2. The standard InChI is InChI=1S/C13H17ClFNO/c14-11-8-10(2-3-12(11)15)9-13(17)4-1-6-16-7-5-13/h2-3,8,16-17H,1,4-7,9H2.